The molecule has 1 N–H and O–H groups in total. The van der Waals surface area contributed by atoms with E-state index in [2.05, 4.69) is 15.3 Å². The summed E-state index contributed by atoms with van der Waals surface area (Å²) in [5.41, 5.74) is 2.53. The molecule has 3 heterocycles. The van der Waals surface area contributed by atoms with Gasteiger partial charge in [-0.15, -0.1) is 11.3 Å². The van der Waals surface area contributed by atoms with E-state index in [0.717, 1.165) is 11.3 Å². The van der Waals surface area contributed by atoms with Crippen molar-refractivity contribution >= 4 is 22.9 Å². The van der Waals surface area contributed by atoms with Gasteiger partial charge in [-0.25, -0.2) is 0 Å². The molecule has 4 nitrogen and oxygen atoms in total. The quantitative estimate of drug-likeness (QED) is 0.800. The van der Waals surface area contributed by atoms with E-state index in [1.807, 2.05) is 35.7 Å². The van der Waals surface area contributed by atoms with Gasteiger partial charge in [0.05, 0.1) is 22.5 Å². The number of hydrogen-bond acceptors (Lipinski definition) is 4. The molecule has 3 rings (SSSR count). The Morgan fingerprint density at radius 1 is 1.10 bits per heavy atom. The maximum absolute atomic E-state index is 11.9. The van der Waals surface area contributed by atoms with Crippen molar-refractivity contribution < 1.29 is 4.79 Å². The van der Waals surface area contributed by atoms with Gasteiger partial charge in [0, 0.05) is 18.0 Å². The van der Waals surface area contributed by atoms with E-state index in [-0.39, 0.29) is 5.91 Å². The number of carbonyl (C=O) groups excluding carboxylic acids is 1. The average molecular weight is 281 g/mol. The number of nitrogens with one attached hydrogen (secondary N) is 1. The first-order valence-corrected chi connectivity index (χ1v) is 6.92. The van der Waals surface area contributed by atoms with Gasteiger partial charge in [0.2, 0.25) is 0 Å². The van der Waals surface area contributed by atoms with Gasteiger partial charge in [0.15, 0.2) is 0 Å². The monoisotopic (exact) mass is 281 g/mol. The van der Waals surface area contributed by atoms with Gasteiger partial charge >= 0.3 is 0 Å². The lowest BCUT2D eigenvalue weighted by Crippen LogP contribution is -2.10. The third-order valence-electron chi connectivity index (χ3n) is 2.74. The second kappa shape index (κ2) is 5.63. The number of amides is 1. The van der Waals surface area contributed by atoms with Crippen molar-refractivity contribution in [1.29, 1.82) is 0 Å². The molecule has 0 aromatic carbocycles. The third kappa shape index (κ3) is 2.73. The summed E-state index contributed by atoms with van der Waals surface area (Å²) in [6.45, 7) is 0. The highest BCUT2D eigenvalue weighted by Crippen LogP contribution is 2.18. The van der Waals surface area contributed by atoms with Crippen molar-refractivity contribution in [3.8, 4) is 11.3 Å². The molecule has 0 bridgehead atoms. The van der Waals surface area contributed by atoms with E-state index in [9.17, 15) is 4.79 Å². The van der Waals surface area contributed by atoms with Crippen molar-refractivity contribution in [3.05, 3.63) is 65.2 Å². The van der Waals surface area contributed by atoms with Crippen LogP contribution in [-0.2, 0) is 0 Å². The van der Waals surface area contributed by atoms with E-state index in [0.29, 0.717) is 10.6 Å². The van der Waals surface area contributed by atoms with Crippen LogP contribution >= 0.6 is 11.3 Å². The van der Waals surface area contributed by atoms with E-state index in [1.165, 1.54) is 11.3 Å². The number of thiophene rings is 1. The lowest BCUT2D eigenvalue weighted by molar-refractivity contribution is 0.103. The molecule has 0 aliphatic heterocycles. The molecule has 0 aliphatic rings. The van der Waals surface area contributed by atoms with Crippen LogP contribution in [0.4, 0.5) is 5.69 Å². The van der Waals surface area contributed by atoms with Crippen molar-refractivity contribution in [2.75, 3.05) is 5.32 Å². The standard InChI is InChI=1S/C15H11N3OS/c19-15(14-2-1-9-20-14)18-12-3-4-13(17-10-12)11-5-7-16-8-6-11/h1-10H,(H,18,19). The highest BCUT2D eigenvalue weighted by atomic mass is 32.1. The van der Waals surface area contributed by atoms with Gasteiger partial charge < -0.3 is 5.32 Å². The highest BCUT2D eigenvalue weighted by molar-refractivity contribution is 7.12. The first kappa shape index (κ1) is 12.5. The van der Waals surface area contributed by atoms with Crippen molar-refractivity contribution in [3.63, 3.8) is 0 Å². The SMILES string of the molecule is O=C(Nc1ccc(-c2ccncc2)nc1)c1cccs1. The number of rotatable bonds is 3. The number of aromatic nitrogens is 2. The molecule has 98 valence electrons. The molecule has 0 fully saturated rings. The average Bonchev–Trinajstić information content (AvgIpc) is 3.03. The van der Waals surface area contributed by atoms with Crippen molar-refractivity contribution in [2.24, 2.45) is 0 Å². The number of nitrogens with zero attached hydrogens (tertiary/aromatic N) is 2. The predicted octanol–water partition coefficient (Wildman–Crippen LogP) is 3.46. The molecule has 0 saturated heterocycles. The van der Waals surface area contributed by atoms with Crippen LogP contribution in [0.25, 0.3) is 11.3 Å². The normalized spacial score (nSPS) is 10.2. The van der Waals surface area contributed by atoms with Gasteiger partial charge in [-0.3, -0.25) is 14.8 Å². The molecule has 0 aliphatic carbocycles. The van der Waals surface area contributed by atoms with Crippen LogP contribution in [0.3, 0.4) is 0 Å². The van der Waals surface area contributed by atoms with Gasteiger partial charge in [-0.1, -0.05) is 6.07 Å². The maximum Gasteiger partial charge on any atom is 0.265 e. The van der Waals surface area contributed by atoms with Gasteiger partial charge in [-0.2, -0.15) is 0 Å². The Hall–Kier alpha value is -2.53. The zero-order valence-electron chi connectivity index (χ0n) is 10.5. The topological polar surface area (TPSA) is 54.9 Å². The summed E-state index contributed by atoms with van der Waals surface area (Å²) in [5.74, 6) is -0.113. The molecule has 0 radical (unpaired) electrons. The smallest absolute Gasteiger partial charge is 0.265 e. The number of carbonyl (C=O) groups is 1. The summed E-state index contributed by atoms with van der Waals surface area (Å²) in [6, 6.07) is 11.1. The summed E-state index contributed by atoms with van der Waals surface area (Å²) in [5, 5.41) is 4.69. The van der Waals surface area contributed by atoms with Gasteiger partial charge in [0.25, 0.3) is 5.91 Å². The molecular weight excluding hydrogens is 270 g/mol. The molecule has 0 spiro atoms. The Morgan fingerprint density at radius 2 is 1.95 bits per heavy atom. The minimum atomic E-state index is -0.113. The molecule has 1 amide bonds. The van der Waals surface area contributed by atoms with E-state index in [1.54, 1.807) is 24.7 Å². The Labute approximate surface area is 120 Å². The highest BCUT2D eigenvalue weighted by Gasteiger charge is 2.07. The molecule has 5 heteroatoms. The van der Waals surface area contributed by atoms with Crippen LogP contribution in [0, 0.1) is 0 Å². The Morgan fingerprint density at radius 3 is 2.60 bits per heavy atom. The van der Waals surface area contributed by atoms with Crippen LogP contribution in [0.1, 0.15) is 9.67 Å². The van der Waals surface area contributed by atoms with Crippen LogP contribution < -0.4 is 5.32 Å². The summed E-state index contributed by atoms with van der Waals surface area (Å²) >= 11 is 1.41. The molecule has 3 aromatic rings. The molecular formula is C15H11N3OS. The first-order valence-electron chi connectivity index (χ1n) is 6.04. The van der Waals surface area contributed by atoms with Gasteiger partial charge in [0.1, 0.15) is 0 Å². The van der Waals surface area contributed by atoms with Gasteiger partial charge in [-0.05, 0) is 35.7 Å². The molecule has 0 unspecified atom stereocenters. The fraction of sp³-hybridized carbons (Fsp3) is 0. The molecule has 0 saturated carbocycles. The van der Waals surface area contributed by atoms with Crippen LogP contribution in [-0.4, -0.2) is 15.9 Å². The summed E-state index contributed by atoms with van der Waals surface area (Å²) in [4.78, 5) is 20.9. The number of hydrogen-bond donors (Lipinski definition) is 1. The maximum atomic E-state index is 11.9. The minimum Gasteiger partial charge on any atom is -0.320 e. The fourth-order valence-corrected chi connectivity index (χ4v) is 2.38. The number of anilines is 1. The second-order valence-corrected chi connectivity index (χ2v) is 5.05. The van der Waals surface area contributed by atoms with E-state index >= 15 is 0 Å². The second-order valence-electron chi connectivity index (χ2n) is 4.10. The third-order valence-corrected chi connectivity index (χ3v) is 3.61. The molecule has 3 aromatic heterocycles. The lowest BCUT2D eigenvalue weighted by Gasteiger charge is -2.05. The minimum absolute atomic E-state index is 0.113. The number of pyridine rings is 2. The van der Waals surface area contributed by atoms with Crippen LogP contribution in [0.5, 0.6) is 0 Å². The Balaban J connectivity index is 1.75. The zero-order valence-corrected chi connectivity index (χ0v) is 11.3. The summed E-state index contributed by atoms with van der Waals surface area (Å²) in [6.07, 6.45) is 5.11. The first-order chi connectivity index (χ1) is 9.83. The van der Waals surface area contributed by atoms with E-state index < -0.39 is 0 Å². The summed E-state index contributed by atoms with van der Waals surface area (Å²) < 4.78 is 0. The van der Waals surface area contributed by atoms with E-state index in [4.69, 9.17) is 0 Å². The lowest BCUT2D eigenvalue weighted by atomic mass is 10.2. The fourth-order valence-electron chi connectivity index (χ4n) is 1.76. The Bertz CT molecular complexity index is 694. The Kier molecular flexibility index (Phi) is 3.52. The zero-order chi connectivity index (χ0) is 13.8. The molecule has 0 atom stereocenters. The molecule has 20 heavy (non-hydrogen) atoms. The van der Waals surface area contributed by atoms with Crippen molar-refractivity contribution in [1.82, 2.24) is 9.97 Å². The van der Waals surface area contributed by atoms with Crippen LogP contribution in [0.15, 0.2) is 60.4 Å². The largest absolute Gasteiger partial charge is 0.320 e. The van der Waals surface area contributed by atoms with Crippen molar-refractivity contribution in [2.45, 2.75) is 0 Å². The summed E-state index contributed by atoms with van der Waals surface area (Å²) in [7, 11) is 0. The predicted molar refractivity (Wildman–Crippen MR) is 79.7 cm³/mol. The van der Waals surface area contributed by atoms with Crippen LogP contribution in [0.2, 0.25) is 0 Å².